The van der Waals surface area contributed by atoms with E-state index in [2.05, 4.69) is 48.6 Å². The molecule has 0 spiro atoms. The van der Waals surface area contributed by atoms with Crippen molar-refractivity contribution in [2.45, 2.75) is 33.0 Å². The number of amides is 1. The molecule has 0 heterocycles. The smallest absolute Gasteiger partial charge is 0.243 e. The van der Waals surface area contributed by atoms with Gasteiger partial charge in [-0.25, -0.2) is 0 Å². The summed E-state index contributed by atoms with van der Waals surface area (Å²) in [6, 6.07) is 0. The molecular formula is C12H26N4O. The van der Waals surface area contributed by atoms with E-state index in [-0.39, 0.29) is 11.7 Å². The lowest BCUT2D eigenvalue weighted by Gasteiger charge is -2.36. The number of carbonyl (C=O) groups is 1. The summed E-state index contributed by atoms with van der Waals surface area (Å²) in [6.45, 7) is 12.8. The molecule has 0 aliphatic heterocycles. The first-order chi connectivity index (χ1) is 8.14. The summed E-state index contributed by atoms with van der Waals surface area (Å²) >= 11 is 0. The van der Waals surface area contributed by atoms with Crippen molar-refractivity contribution in [3.63, 3.8) is 0 Å². The molecule has 5 nitrogen and oxygen atoms in total. The van der Waals surface area contributed by atoms with Gasteiger partial charge >= 0.3 is 0 Å². The van der Waals surface area contributed by atoms with Crippen molar-refractivity contribution in [3.8, 4) is 0 Å². The monoisotopic (exact) mass is 242 g/mol. The SMILES string of the molecule is C=CC(=O)NCCC(NCC)(NCC)NCC. The molecule has 0 unspecified atom stereocenters. The first-order valence-electron chi connectivity index (χ1n) is 6.29. The van der Waals surface area contributed by atoms with Crippen LogP contribution in [0.2, 0.25) is 0 Å². The fraction of sp³-hybridized carbons (Fsp3) is 0.750. The van der Waals surface area contributed by atoms with Crippen LogP contribution in [0.15, 0.2) is 12.7 Å². The molecule has 0 saturated carbocycles. The molecule has 0 aliphatic carbocycles. The minimum absolute atomic E-state index is 0.136. The van der Waals surface area contributed by atoms with Crippen molar-refractivity contribution >= 4 is 5.91 Å². The summed E-state index contributed by atoms with van der Waals surface area (Å²) in [5.74, 6) is -0.449. The molecule has 0 bridgehead atoms. The zero-order valence-corrected chi connectivity index (χ0v) is 11.2. The fourth-order valence-corrected chi connectivity index (χ4v) is 1.80. The highest BCUT2D eigenvalue weighted by atomic mass is 16.1. The molecular weight excluding hydrogens is 216 g/mol. The quantitative estimate of drug-likeness (QED) is 0.325. The van der Waals surface area contributed by atoms with Crippen LogP contribution in [0.1, 0.15) is 27.2 Å². The van der Waals surface area contributed by atoms with E-state index >= 15 is 0 Å². The van der Waals surface area contributed by atoms with Gasteiger partial charge in [-0.2, -0.15) is 0 Å². The molecule has 0 atom stereocenters. The minimum Gasteiger partial charge on any atom is -0.352 e. The fourth-order valence-electron chi connectivity index (χ4n) is 1.80. The van der Waals surface area contributed by atoms with E-state index < -0.39 is 0 Å². The molecule has 0 aromatic carbocycles. The number of hydrogen-bond donors (Lipinski definition) is 4. The van der Waals surface area contributed by atoms with Gasteiger partial charge in [0.1, 0.15) is 5.79 Å². The van der Waals surface area contributed by atoms with Crippen molar-refractivity contribution in [1.29, 1.82) is 0 Å². The molecule has 4 N–H and O–H groups in total. The second kappa shape index (κ2) is 9.15. The van der Waals surface area contributed by atoms with Gasteiger partial charge in [0.2, 0.25) is 5.91 Å². The topological polar surface area (TPSA) is 65.2 Å². The first-order valence-corrected chi connectivity index (χ1v) is 6.29. The summed E-state index contributed by atoms with van der Waals surface area (Å²) in [6.07, 6.45) is 2.05. The zero-order chi connectivity index (χ0) is 13.1. The number of carbonyl (C=O) groups excluding carboxylic acids is 1. The number of rotatable bonds is 10. The summed E-state index contributed by atoms with van der Waals surface area (Å²) in [5, 5.41) is 13.0. The van der Waals surface area contributed by atoms with E-state index in [9.17, 15) is 4.79 Å². The Hall–Kier alpha value is -0.910. The average Bonchev–Trinajstić information content (AvgIpc) is 2.30. The van der Waals surface area contributed by atoms with E-state index in [0.29, 0.717) is 6.54 Å². The molecule has 0 fully saturated rings. The Morgan fingerprint density at radius 2 is 1.59 bits per heavy atom. The van der Waals surface area contributed by atoms with Crippen LogP contribution in [0.4, 0.5) is 0 Å². The molecule has 0 aromatic rings. The summed E-state index contributed by atoms with van der Waals surface area (Å²) in [5.41, 5.74) is 0. The zero-order valence-electron chi connectivity index (χ0n) is 11.2. The third-order valence-corrected chi connectivity index (χ3v) is 2.42. The normalized spacial score (nSPS) is 11.2. The molecule has 0 aliphatic rings. The van der Waals surface area contributed by atoms with Crippen LogP contribution in [0.25, 0.3) is 0 Å². The van der Waals surface area contributed by atoms with E-state index in [1.165, 1.54) is 6.08 Å². The van der Waals surface area contributed by atoms with Crippen LogP contribution in [0, 0.1) is 0 Å². The molecule has 0 radical (unpaired) electrons. The molecule has 0 rings (SSSR count). The Morgan fingerprint density at radius 3 is 1.94 bits per heavy atom. The third kappa shape index (κ3) is 6.41. The van der Waals surface area contributed by atoms with Gasteiger partial charge in [0.15, 0.2) is 0 Å². The predicted molar refractivity (Wildman–Crippen MR) is 71.6 cm³/mol. The lowest BCUT2D eigenvalue weighted by Crippen LogP contribution is -2.67. The predicted octanol–water partition coefficient (Wildman–Crippen LogP) is 0.161. The van der Waals surface area contributed by atoms with Gasteiger partial charge in [0.25, 0.3) is 0 Å². The summed E-state index contributed by atoms with van der Waals surface area (Å²) in [4.78, 5) is 11.1. The van der Waals surface area contributed by atoms with Gasteiger partial charge in [-0.15, -0.1) is 0 Å². The molecule has 0 aromatic heterocycles. The van der Waals surface area contributed by atoms with Gasteiger partial charge in [-0.05, 0) is 25.7 Å². The average molecular weight is 242 g/mol. The Kier molecular flexibility index (Phi) is 8.66. The standard InChI is InChI=1S/C12H26N4O/c1-5-11(17)13-10-9-12(14-6-2,15-7-3)16-8-4/h5,14-16H,1,6-10H2,2-4H3,(H,13,17). The maximum absolute atomic E-state index is 11.1. The van der Waals surface area contributed by atoms with Crippen molar-refractivity contribution in [1.82, 2.24) is 21.3 Å². The van der Waals surface area contributed by atoms with Gasteiger partial charge in [-0.1, -0.05) is 27.4 Å². The van der Waals surface area contributed by atoms with Crippen molar-refractivity contribution in [3.05, 3.63) is 12.7 Å². The Balaban J connectivity index is 4.32. The molecule has 17 heavy (non-hydrogen) atoms. The van der Waals surface area contributed by atoms with Crippen LogP contribution in [-0.4, -0.2) is 37.9 Å². The number of nitrogens with one attached hydrogen (secondary N) is 4. The lowest BCUT2D eigenvalue weighted by molar-refractivity contribution is -0.116. The molecule has 1 amide bonds. The Morgan fingerprint density at radius 1 is 1.12 bits per heavy atom. The summed E-state index contributed by atoms with van der Waals surface area (Å²) in [7, 11) is 0. The van der Waals surface area contributed by atoms with Crippen LogP contribution < -0.4 is 21.3 Å². The van der Waals surface area contributed by atoms with Crippen LogP contribution in [0.3, 0.4) is 0 Å². The molecule has 100 valence electrons. The third-order valence-electron chi connectivity index (χ3n) is 2.42. The second-order valence-corrected chi connectivity index (χ2v) is 3.74. The van der Waals surface area contributed by atoms with E-state index in [0.717, 1.165) is 26.1 Å². The van der Waals surface area contributed by atoms with E-state index in [1.807, 2.05) is 0 Å². The highest BCUT2D eigenvalue weighted by molar-refractivity contribution is 5.86. The van der Waals surface area contributed by atoms with Gasteiger partial charge in [-0.3, -0.25) is 20.7 Å². The van der Waals surface area contributed by atoms with Gasteiger partial charge < -0.3 is 5.32 Å². The molecule has 5 heteroatoms. The van der Waals surface area contributed by atoms with Crippen molar-refractivity contribution < 1.29 is 4.79 Å². The largest absolute Gasteiger partial charge is 0.352 e. The van der Waals surface area contributed by atoms with Crippen molar-refractivity contribution in [2.75, 3.05) is 26.2 Å². The Bertz CT molecular complexity index is 214. The highest BCUT2D eigenvalue weighted by Crippen LogP contribution is 2.01. The van der Waals surface area contributed by atoms with E-state index in [4.69, 9.17) is 0 Å². The maximum Gasteiger partial charge on any atom is 0.243 e. The highest BCUT2D eigenvalue weighted by Gasteiger charge is 2.25. The lowest BCUT2D eigenvalue weighted by atomic mass is 10.2. The maximum atomic E-state index is 11.1. The minimum atomic E-state index is -0.313. The molecule has 0 saturated heterocycles. The van der Waals surface area contributed by atoms with Crippen LogP contribution in [0.5, 0.6) is 0 Å². The van der Waals surface area contributed by atoms with Gasteiger partial charge in [0.05, 0.1) is 0 Å². The van der Waals surface area contributed by atoms with Gasteiger partial charge in [0, 0.05) is 13.0 Å². The van der Waals surface area contributed by atoms with E-state index in [1.54, 1.807) is 0 Å². The number of hydrogen-bond acceptors (Lipinski definition) is 4. The Labute approximate surface area is 104 Å². The summed E-state index contributed by atoms with van der Waals surface area (Å²) < 4.78 is 0. The second-order valence-electron chi connectivity index (χ2n) is 3.74. The first kappa shape index (κ1) is 16.1. The van der Waals surface area contributed by atoms with Crippen molar-refractivity contribution in [2.24, 2.45) is 0 Å². The van der Waals surface area contributed by atoms with Crippen LogP contribution in [-0.2, 0) is 4.79 Å². The van der Waals surface area contributed by atoms with Crippen LogP contribution >= 0.6 is 0 Å².